The number of nitriles is 1. The lowest BCUT2D eigenvalue weighted by Crippen LogP contribution is -2.48. The van der Waals surface area contributed by atoms with Crippen LogP contribution in [0.3, 0.4) is 0 Å². The molecule has 7 nitrogen and oxygen atoms in total. The quantitative estimate of drug-likeness (QED) is 0.773. The Morgan fingerprint density at radius 2 is 1.96 bits per heavy atom. The van der Waals surface area contributed by atoms with E-state index in [1.54, 1.807) is 4.90 Å². The number of nitrogens with zero attached hydrogens (tertiary/aromatic N) is 2. The topological polar surface area (TPSA) is 91.7 Å². The molecule has 1 atom stereocenters. The van der Waals surface area contributed by atoms with Crippen molar-refractivity contribution in [2.75, 3.05) is 32.8 Å². The molecule has 0 aromatic carbocycles. The predicted molar refractivity (Wildman–Crippen MR) is 82.5 cm³/mol. The first-order chi connectivity index (χ1) is 11.2. The molecule has 128 valence electrons. The van der Waals surface area contributed by atoms with Crippen LogP contribution in [-0.4, -0.2) is 55.9 Å². The summed E-state index contributed by atoms with van der Waals surface area (Å²) < 4.78 is 10.6. The van der Waals surface area contributed by atoms with Crippen LogP contribution in [0.25, 0.3) is 0 Å². The summed E-state index contributed by atoms with van der Waals surface area (Å²) in [7, 11) is 0. The normalized spacial score (nSPS) is 20.4. The Kier molecular flexibility index (Phi) is 7.14. The van der Waals surface area contributed by atoms with E-state index in [1.165, 1.54) is 19.3 Å². The minimum absolute atomic E-state index is 0.124. The second kappa shape index (κ2) is 9.36. The number of carbonyl (C=O) groups is 2. The van der Waals surface area contributed by atoms with Gasteiger partial charge in [-0.25, -0.2) is 4.79 Å². The number of alkyl carbamates (subject to hydrolysis) is 1. The Morgan fingerprint density at radius 1 is 1.26 bits per heavy atom. The van der Waals surface area contributed by atoms with Gasteiger partial charge in [0.1, 0.15) is 6.54 Å². The zero-order valence-electron chi connectivity index (χ0n) is 13.5. The number of carbonyl (C=O) groups excluding carboxylic acids is 2. The molecule has 1 aliphatic heterocycles. The standard InChI is InChI=1S/C16H25N3O4/c17-6-7-18-16(21)23-14(12-13-4-2-1-3-5-13)15(20)19-8-10-22-11-9-19/h13-14H,1-5,7-12H2,(H,18,21)/t14-/m0/s1. The van der Waals surface area contributed by atoms with Gasteiger partial charge in [0, 0.05) is 13.1 Å². The molecule has 23 heavy (non-hydrogen) atoms. The van der Waals surface area contributed by atoms with Crippen molar-refractivity contribution in [3.05, 3.63) is 0 Å². The van der Waals surface area contributed by atoms with E-state index in [9.17, 15) is 9.59 Å². The summed E-state index contributed by atoms with van der Waals surface area (Å²) in [5, 5.41) is 10.9. The number of morpholine rings is 1. The summed E-state index contributed by atoms with van der Waals surface area (Å²) in [5.41, 5.74) is 0. The third-order valence-corrected chi connectivity index (χ3v) is 4.43. The van der Waals surface area contributed by atoms with E-state index in [-0.39, 0.29) is 12.5 Å². The zero-order valence-corrected chi connectivity index (χ0v) is 13.5. The van der Waals surface area contributed by atoms with Crippen LogP contribution in [0.1, 0.15) is 38.5 Å². The van der Waals surface area contributed by atoms with Gasteiger partial charge in [0.15, 0.2) is 6.10 Å². The molecule has 0 aromatic heterocycles. The zero-order chi connectivity index (χ0) is 16.5. The molecule has 2 amide bonds. The Morgan fingerprint density at radius 3 is 2.61 bits per heavy atom. The van der Waals surface area contributed by atoms with E-state index in [2.05, 4.69) is 5.32 Å². The maximum absolute atomic E-state index is 12.7. The fourth-order valence-corrected chi connectivity index (χ4v) is 3.19. The molecule has 1 aliphatic carbocycles. The first kappa shape index (κ1) is 17.5. The maximum atomic E-state index is 12.7. The van der Waals surface area contributed by atoms with Crippen molar-refractivity contribution in [1.29, 1.82) is 5.26 Å². The minimum atomic E-state index is -0.769. The fourth-order valence-electron chi connectivity index (χ4n) is 3.19. The lowest BCUT2D eigenvalue weighted by molar-refractivity contribution is -0.145. The molecular formula is C16H25N3O4. The van der Waals surface area contributed by atoms with Crippen LogP contribution < -0.4 is 5.32 Å². The molecule has 1 heterocycles. The third kappa shape index (κ3) is 5.71. The van der Waals surface area contributed by atoms with Gasteiger partial charge in [-0.15, -0.1) is 0 Å². The molecule has 0 unspecified atom stereocenters. The Hall–Kier alpha value is -1.81. The maximum Gasteiger partial charge on any atom is 0.408 e. The lowest BCUT2D eigenvalue weighted by atomic mass is 9.85. The highest BCUT2D eigenvalue weighted by atomic mass is 16.6. The molecule has 7 heteroatoms. The first-order valence-corrected chi connectivity index (χ1v) is 8.38. The number of hydrogen-bond acceptors (Lipinski definition) is 5. The molecule has 0 bridgehead atoms. The predicted octanol–water partition coefficient (Wildman–Crippen LogP) is 1.43. The van der Waals surface area contributed by atoms with Crippen LogP contribution in [-0.2, 0) is 14.3 Å². The molecule has 2 aliphatic rings. The van der Waals surface area contributed by atoms with Crippen LogP contribution in [0.4, 0.5) is 4.79 Å². The van der Waals surface area contributed by atoms with Gasteiger partial charge >= 0.3 is 6.09 Å². The summed E-state index contributed by atoms with van der Waals surface area (Å²) in [6.45, 7) is 1.97. The molecule has 2 fully saturated rings. The molecule has 0 spiro atoms. The van der Waals surface area contributed by atoms with Crippen molar-refractivity contribution in [1.82, 2.24) is 10.2 Å². The van der Waals surface area contributed by atoms with E-state index in [0.717, 1.165) is 12.8 Å². The molecule has 1 saturated carbocycles. The number of hydrogen-bond donors (Lipinski definition) is 1. The highest BCUT2D eigenvalue weighted by Crippen LogP contribution is 2.28. The van der Waals surface area contributed by atoms with E-state index >= 15 is 0 Å². The molecule has 1 N–H and O–H groups in total. The van der Waals surface area contributed by atoms with Crippen molar-refractivity contribution in [3.63, 3.8) is 0 Å². The van der Waals surface area contributed by atoms with E-state index in [1.807, 2.05) is 6.07 Å². The van der Waals surface area contributed by atoms with E-state index in [4.69, 9.17) is 14.7 Å². The van der Waals surface area contributed by atoms with Gasteiger partial charge in [-0.1, -0.05) is 32.1 Å². The highest BCUT2D eigenvalue weighted by Gasteiger charge is 2.31. The molecule has 1 saturated heterocycles. The Labute approximate surface area is 136 Å². The smallest absolute Gasteiger partial charge is 0.408 e. The number of nitrogens with one attached hydrogen (secondary N) is 1. The summed E-state index contributed by atoms with van der Waals surface area (Å²) in [6.07, 6.45) is 4.83. The summed E-state index contributed by atoms with van der Waals surface area (Å²) in [4.78, 5) is 26.1. The Balaban J connectivity index is 1.95. The summed E-state index contributed by atoms with van der Waals surface area (Å²) in [5.74, 6) is 0.272. The number of rotatable bonds is 5. The van der Waals surface area contributed by atoms with Crippen LogP contribution in [0.15, 0.2) is 0 Å². The minimum Gasteiger partial charge on any atom is -0.436 e. The van der Waals surface area contributed by atoms with Crippen LogP contribution in [0.2, 0.25) is 0 Å². The molecule has 0 aromatic rings. The van der Waals surface area contributed by atoms with E-state index in [0.29, 0.717) is 38.6 Å². The van der Waals surface area contributed by atoms with Crippen molar-refractivity contribution < 1.29 is 19.1 Å². The van der Waals surface area contributed by atoms with Crippen molar-refractivity contribution in [2.24, 2.45) is 5.92 Å². The number of ether oxygens (including phenoxy) is 2. The Bertz CT molecular complexity index is 437. The van der Waals surface area contributed by atoms with Crippen molar-refractivity contribution >= 4 is 12.0 Å². The summed E-state index contributed by atoms with van der Waals surface area (Å²) in [6, 6.07) is 1.82. The van der Waals surface area contributed by atoms with Crippen molar-refractivity contribution in [3.8, 4) is 6.07 Å². The SMILES string of the molecule is N#CCNC(=O)O[C@@H](CC1CCCCC1)C(=O)N1CCOCC1. The second-order valence-corrected chi connectivity index (χ2v) is 6.08. The average Bonchev–Trinajstić information content (AvgIpc) is 2.60. The van der Waals surface area contributed by atoms with E-state index < -0.39 is 12.2 Å². The van der Waals surface area contributed by atoms with Gasteiger partial charge in [0.25, 0.3) is 5.91 Å². The van der Waals surface area contributed by atoms with Crippen LogP contribution in [0, 0.1) is 17.2 Å². The fraction of sp³-hybridized carbons (Fsp3) is 0.812. The largest absolute Gasteiger partial charge is 0.436 e. The van der Waals surface area contributed by atoms with Gasteiger partial charge in [-0.3, -0.25) is 4.79 Å². The van der Waals surface area contributed by atoms with Gasteiger partial charge in [-0.05, 0) is 12.3 Å². The molecule has 0 radical (unpaired) electrons. The second-order valence-electron chi connectivity index (χ2n) is 6.08. The first-order valence-electron chi connectivity index (χ1n) is 8.38. The van der Waals surface area contributed by atoms with Gasteiger partial charge in [-0.2, -0.15) is 5.26 Å². The summed E-state index contributed by atoms with van der Waals surface area (Å²) >= 11 is 0. The third-order valence-electron chi connectivity index (χ3n) is 4.43. The van der Waals surface area contributed by atoms with Crippen LogP contribution >= 0.6 is 0 Å². The van der Waals surface area contributed by atoms with Crippen molar-refractivity contribution in [2.45, 2.75) is 44.6 Å². The van der Waals surface area contributed by atoms with Gasteiger partial charge < -0.3 is 19.7 Å². The number of amides is 2. The molecular weight excluding hydrogens is 298 g/mol. The molecule has 2 rings (SSSR count). The van der Waals surface area contributed by atoms with Gasteiger partial charge in [0.2, 0.25) is 0 Å². The highest BCUT2D eigenvalue weighted by molar-refractivity contribution is 5.83. The lowest BCUT2D eigenvalue weighted by Gasteiger charge is -2.32. The van der Waals surface area contributed by atoms with Gasteiger partial charge in [0.05, 0.1) is 19.3 Å². The van der Waals surface area contributed by atoms with Crippen LogP contribution in [0.5, 0.6) is 0 Å². The average molecular weight is 323 g/mol. The monoisotopic (exact) mass is 323 g/mol.